The van der Waals surface area contributed by atoms with Crippen molar-refractivity contribution in [3.63, 3.8) is 0 Å². The molecule has 0 aliphatic carbocycles. The highest BCUT2D eigenvalue weighted by molar-refractivity contribution is 6.35. The third-order valence-electron chi connectivity index (χ3n) is 2.14. The van der Waals surface area contributed by atoms with E-state index in [1.54, 1.807) is 12.0 Å². The van der Waals surface area contributed by atoms with Gasteiger partial charge in [0.1, 0.15) is 0 Å². The van der Waals surface area contributed by atoms with Crippen molar-refractivity contribution in [2.24, 2.45) is 5.92 Å². The summed E-state index contributed by atoms with van der Waals surface area (Å²) in [6.07, 6.45) is 0. The Kier molecular flexibility index (Phi) is 7.54. The normalized spacial score (nSPS) is 14.6. The molecule has 1 fully saturated rings. The summed E-state index contributed by atoms with van der Waals surface area (Å²) in [5, 5.41) is 2.49. The van der Waals surface area contributed by atoms with Crippen LogP contribution in [0, 0.1) is 5.92 Å². The fourth-order valence-corrected chi connectivity index (χ4v) is 1.35. The zero-order valence-corrected chi connectivity index (χ0v) is 10.6. The molecule has 0 aromatic rings. The monoisotopic (exact) mass is 230 g/mol. The Morgan fingerprint density at radius 2 is 1.94 bits per heavy atom. The van der Waals surface area contributed by atoms with Crippen molar-refractivity contribution in [3.8, 4) is 0 Å². The lowest BCUT2D eigenvalue weighted by Crippen LogP contribution is -2.53. The van der Waals surface area contributed by atoms with Gasteiger partial charge in [-0.2, -0.15) is 0 Å². The lowest BCUT2D eigenvalue weighted by Gasteiger charge is -2.36. The Bertz CT molecular complexity index is 225. The maximum atomic E-state index is 11.3. The smallest absolute Gasteiger partial charge is 0.311 e. The molecule has 0 radical (unpaired) electrons. The minimum Gasteiger partial charge on any atom is -0.383 e. The number of likely N-dealkylation sites (tertiary alicyclic amines) is 1. The van der Waals surface area contributed by atoms with E-state index >= 15 is 0 Å². The van der Waals surface area contributed by atoms with E-state index in [1.807, 2.05) is 20.8 Å². The van der Waals surface area contributed by atoms with Gasteiger partial charge in [-0.25, -0.2) is 0 Å². The summed E-state index contributed by atoms with van der Waals surface area (Å²) >= 11 is 0. The van der Waals surface area contributed by atoms with Crippen LogP contribution in [0.2, 0.25) is 0 Å². The van der Waals surface area contributed by atoms with E-state index in [4.69, 9.17) is 4.74 Å². The van der Waals surface area contributed by atoms with Crippen LogP contribution in [-0.4, -0.2) is 50.1 Å². The summed E-state index contributed by atoms with van der Waals surface area (Å²) in [4.78, 5) is 24.1. The van der Waals surface area contributed by atoms with Gasteiger partial charge in [0, 0.05) is 26.7 Å². The molecule has 0 bridgehead atoms. The molecule has 0 aromatic carbocycles. The largest absolute Gasteiger partial charge is 0.383 e. The summed E-state index contributed by atoms with van der Waals surface area (Å²) in [5.41, 5.74) is 0. The van der Waals surface area contributed by atoms with Gasteiger partial charge in [0.2, 0.25) is 0 Å². The van der Waals surface area contributed by atoms with E-state index in [0.717, 1.165) is 0 Å². The van der Waals surface area contributed by atoms with E-state index in [1.165, 1.54) is 0 Å². The standard InChI is InChI=1S/C9H16N2O3.C2H6/c1-7-5-11(6-7)9(13)8(12)10-3-4-14-2;1-2/h7H,3-6H2,1-2H3,(H,10,12);1-2H3. The van der Waals surface area contributed by atoms with Crippen LogP contribution in [0.4, 0.5) is 0 Å². The van der Waals surface area contributed by atoms with Crippen LogP contribution in [0.25, 0.3) is 0 Å². The highest BCUT2D eigenvalue weighted by Crippen LogP contribution is 2.13. The Morgan fingerprint density at radius 1 is 1.38 bits per heavy atom. The number of hydrogen-bond acceptors (Lipinski definition) is 3. The molecule has 0 spiro atoms. The zero-order valence-electron chi connectivity index (χ0n) is 10.6. The van der Waals surface area contributed by atoms with Gasteiger partial charge in [-0.1, -0.05) is 20.8 Å². The molecular weight excluding hydrogens is 208 g/mol. The quantitative estimate of drug-likeness (QED) is 0.558. The van der Waals surface area contributed by atoms with Crippen molar-refractivity contribution in [1.29, 1.82) is 0 Å². The second-order valence-corrected chi connectivity index (χ2v) is 3.56. The number of methoxy groups -OCH3 is 1. The van der Waals surface area contributed by atoms with Crippen LogP contribution in [-0.2, 0) is 14.3 Å². The van der Waals surface area contributed by atoms with Crippen LogP contribution in [0.5, 0.6) is 0 Å². The van der Waals surface area contributed by atoms with Crippen molar-refractivity contribution in [2.45, 2.75) is 20.8 Å². The lowest BCUT2D eigenvalue weighted by molar-refractivity contribution is -0.149. The SMILES string of the molecule is CC.COCCNC(=O)C(=O)N1CC(C)C1. The van der Waals surface area contributed by atoms with Crippen LogP contribution >= 0.6 is 0 Å². The number of hydrogen-bond donors (Lipinski definition) is 1. The van der Waals surface area contributed by atoms with E-state index in [0.29, 0.717) is 32.2 Å². The average molecular weight is 230 g/mol. The first kappa shape index (κ1) is 14.9. The maximum absolute atomic E-state index is 11.3. The third kappa shape index (κ3) is 4.61. The molecule has 94 valence electrons. The molecule has 1 heterocycles. The Hall–Kier alpha value is -1.10. The number of rotatable bonds is 3. The van der Waals surface area contributed by atoms with Gasteiger partial charge in [0.25, 0.3) is 0 Å². The lowest BCUT2D eigenvalue weighted by atomic mass is 10.0. The summed E-state index contributed by atoms with van der Waals surface area (Å²) in [7, 11) is 1.55. The minimum absolute atomic E-state index is 0.379. The molecule has 0 saturated carbocycles. The van der Waals surface area contributed by atoms with Crippen molar-refractivity contribution < 1.29 is 14.3 Å². The average Bonchev–Trinajstić information content (AvgIpc) is 2.27. The summed E-state index contributed by atoms with van der Waals surface area (Å²) in [6, 6.07) is 0. The van der Waals surface area contributed by atoms with Gasteiger partial charge >= 0.3 is 11.8 Å². The molecule has 1 N–H and O–H groups in total. The summed E-state index contributed by atoms with van der Waals surface area (Å²) < 4.78 is 4.75. The van der Waals surface area contributed by atoms with Crippen LogP contribution in [0.3, 0.4) is 0 Å². The van der Waals surface area contributed by atoms with Crippen LogP contribution in [0.15, 0.2) is 0 Å². The first-order valence-electron chi connectivity index (χ1n) is 5.71. The van der Waals surface area contributed by atoms with Gasteiger partial charge < -0.3 is 15.0 Å². The topological polar surface area (TPSA) is 58.6 Å². The van der Waals surface area contributed by atoms with E-state index in [2.05, 4.69) is 5.32 Å². The predicted octanol–water partition coefficient (Wildman–Crippen LogP) is 0.254. The van der Waals surface area contributed by atoms with Gasteiger partial charge in [-0.15, -0.1) is 0 Å². The van der Waals surface area contributed by atoms with Crippen LogP contribution in [0.1, 0.15) is 20.8 Å². The van der Waals surface area contributed by atoms with Crippen molar-refractivity contribution in [3.05, 3.63) is 0 Å². The molecule has 5 nitrogen and oxygen atoms in total. The molecule has 1 saturated heterocycles. The summed E-state index contributed by atoms with van der Waals surface area (Å²) in [6.45, 7) is 8.24. The number of carbonyl (C=O) groups is 2. The van der Waals surface area contributed by atoms with Crippen LogP contribution < -0.4 is 5.32 Å². The number of ether oxygens (including phenoxy) is 1. The molecule has 16 heavy (non-hydrogen) atoms. The minimum atomic E-state index is -0.533. The summed E-state index contributed by atoms with van der Waals surface area (Å²) in [5.74, 6) is -0.445. The fraction of sp³-hybridized carbons (Fsp3) is 0.818. The number of amides is 2. The van der Waals surface area contributed by atoms with Gasteiger partial charge in [0.15, 0.2) is 0 Å². The van der Waals surface area contributed by atoms with E-state index in [-0.39, 0.29) is 0 Å². The number of nitrogens with one attached hydrogen (secondary N) is 1. The van der Waals surface area contributed by atoms with Crippen molar-refractivity contribution >= 4 is 11.8 Å². The Morgan fingerprint density at radius 3 is 2.38 bits per heavy atom. The predicted molar refractivity (Wildman–Crippen MR) is 62.0 cm³/mol. The van der Waals surface area contributed by atoms with Crippen molar-refractivity contribution in [2.75, 3.05) is 33.4 Å². The number of nitrogens with zero attached hydrogens (tertiary/aromatic N) is 1. The highest BCUT2D eigenvalue weighted by Gasteiger charge is 2.30. The van der Waals surface area contributed by atoms with E-state index in [9.17, 15) is 9.59 Å². The van der Waals surface area contributed by atoms with E-state index < -0.39 is 11.8 Å². The highest BCUT2D eigenvalue weighted by atomic mass is 16.5. The molecule has 1 aliphatic rings. The number of carbonyl (C=O) groups excluding carboxylic acids is 2. The second kappa shape index (κ2) is 8.10. The first-order chi connectivity index (χ1) is 7.65. The zero-order chi connectivity index (χ0) is 12.6. The first-order valence-corrected chi connectivity index (χ1v) is 5.71. The van der Waals surface area contributed by atoms with Gasteiger partial charge in [0.05, 0.1) is 6.61 Å². The molecule has 2 amide bonds. The van der Waals surface area contributed by atoms with Crippen molar-refractivity contribution in [1.82, 2.24) is 10.2 Å². The molecule has 5 heteroatoms. The van der Waals surface area contributed by atoms with Gasteiger partial charge in [-0.3, -0.25) is 9.59 Å². The fourth-order valence-electron chi connectivity index (χ4n) is 1.35. The molecular formula is C11H22N2O3. The second-order valence-electron chi connectivity index (χ2n) is 3.56. The molecule has 0 aromatic heterocycles. The Labute approximate surface area is 97.1 Å². The maximum Gasteiger partial charge on any atom is 0.311 e. The Balaban J connectivity index is 0.00000106. The molecule has 0 unspecified atom stereocenters. The third-order valence-corrected chi connectivity index (χ3v) is 2.14. The molecule has 1 aliphatic heterocycles. The molecule has 0 atom stereocenters. The van der Waals surface area contributed by atoms with Gasteiger partial charge in [-0.05, 0) is 5.92 Å². The molecule has 1 rings (SSSR count).